The maximum Gasteiger partial charge on any atom is 0.115 e. The van der Waals surface area contributed by atoms with Gasteiger partial charge < -0.3 is 5.73 Å². The minimum atomic E-state index is -0.195. The van der Waals surface area contributed by atoms with Gasteiger partial charge in [-0.25, -0.2) is 9.97 Å². The number of hydrogen-bond acceptors (Lipinski definition) is 3. The molecule has 1 aliphatic rings. The fourth-order valence-electron chi connectivity index (χ4n) is 3.11. The lowest BCUT2D eigenvalue weighted by Gasteiger charge is -2.38. The van der Waals surface area contributed by atoms with E-state index in [4.69, 9.17) is 5.73 Å². The molecule has 1 aliphatic carbocycles. The van der Waals surface area contributed by atoms with Crippen LogP contribution in [0.25, 0.3) is 0 Å². The highest BCUT2D eigenvalue weighted by Crippen LogP contribution is 2.39. The Morgan fingerprint density at radius 3 is 2.76 bits per heavy atom. The molecule has 2 N–H and O–H groups in total. The van der Waals surface area contributed by atoms with Crippen molar-refractivity contribution in [2.75, 3.05) is 0 Å². The van der Waals surface area contributed by atoms with E-state index in [9.17, 15) is 0 Å². The highest BCUT2D eigenvalue weighted by atomic mass is 14.8. The smallest absolute Gasteiger partial charge is 0.115 e. The zero-order valence-electron chi connectivity index (χ0n) is 10.9. The molecule has 1 heterocycles. The van der Waals surface area contributed by atoms with Crippen molar-refractivity contribution in [1.82, 2.24) is 9.97 Å². The minimum absolute atomic E-state index is 0.195. The van der Waals surface area contributed by atoms with Crippen LogP contribution >= 0.6 is 0 Å². The average Bonchev–Trinajstić information content (AvgIpc) is 2.29. The van der Waals surface area contributed by atoms with Gasteiger partial charge in [0.25, 0.3) is 0 Å². The molecule has 0 spiro atoms. The SMILES string of the molecule is CC(C)CC1CCCC(N)(c2cncnc2)C1. The lowest BCUT2D eigenvalue weighted by Crippen LogP contribution is -2.41. The fraction of sp³-hybridized carbons (Fsp3) is 0.714. The summed E-state index contributed by atoms with van der Waals surface area (Å²) in [5.74, 6) is 1.52. The fourth-order valence-corrected chi connectivity index (χ4v) is 3.11. The van der Waals surface area contributed by atoms with Crippen molar-refractivity contribution >= 4 is 0 Å². The third kappa shape index (κ3) is 3.03. The van der Waals surface area contributed by atoms with E-state index < -0.39 is 0 Å². The Labute approximate surface area is 104 Å². The first-order valence-corrected chi connectivity index (χ1v) is 6.64. The molecule has 0 aromatic carbocycles. The molecule has 17 heavy (non-hydrogen) atoms. The molecule has 3 nitrogen and oxygen atoms in total. The molecular weight excluding hydrogens is 210 g/mol. The zero-order valence-corrected chi connectivity index (χ0v) is 10.9. The van der Waals surface area contributed by atoms with E-state index in [1.165, 1.54) is 19.3 Å². The van der Waals surface area contributed by atoms with Crippen LogP contribution in [-0.4, -0.2) is 9.97 Å². The largest absolute Gasteiger partial charge is 0.321 e. The van der Waals surface area contributed by atoms with Crippen LogP contribution < -0.4 is 5.73 Å². The summed E-state index contributed by atoms with van der Waals surface area (Å²) in [6.07, 6.45) is 11.3. The average molecular weight is 233 g/mol. The lowest BCUT2D eigenvalue weighted by molar-refractivity contribution is 0.201. The minimum Gasteiger partial charge on any atom is -0.321 e. The quantitative estimate of drug-likeness (QED) is 0.873. The van der Waals surface area contributed by atoms with Crippen LogP contribution in [0.2, 0.25) is 0 Å². The molecule has 94 valence electrons. The summed E-state index contributed by atoms with van der Waals surface area (Å²) in [4.78, 5) is 8.20. The number of nitrogens with two attached hydrogens (primary N) is 1. The Hall–Kier alpha value is -0.960. The molecule has 1 aromatic heterocycles. The van der Waals surface area contributed by atoms with Gasteiger partial charge in [-0.15, -0.1) is 0 Å². The Balaban J connectivity index is 2.10. The summed E-state index contributed by atoms with van der Waals surface area (Å²) in [5, 5.41) is 0. The summed E-state index contributed by atoms with van der Waals surface area (Å²) in [6.45, 7) is 4.58. The molecule has 1 saturated carbocycles. The van der Waals surface area contributed by atoms with Gasteiger partial charge in [-0.2, -0.15) is 0 Å². The van der Waals surface area contributed by atoms with E-state index in [0.717, 1.165) is 30.2 Å². The second kappa shape index (κ2) is 5.13. The molecule has 0 bridgehead atoms. The summed E-state index contributed by atoms with van der Waals surface area (Å²) < 4.78 is 0. The monoisotopic (exact) mass is 233 g/mol. The van der Waals surface area contributed by atoms with Crippen LogP contribution in [0.4, 0.5) is 0 Å². The maximum atomic E-state index is 6.57. The topological polar surface area (TPSA) is 51.8 Å². The summed E-state index contributed by atoms with van der Waals surface area (Å²) >= 11 is 0. The van der Waals surface area contributed by atoms with Gasteiger partial charge in [-0.05, 0) is 31.1 Å². The normalized spacial score (nSPS) is 29.5. The molecule has 2 unspecified atom stereocenters. The van der Waals surface area contributed by atoms with E-state index in [1.807, 2.05) is 12.4 Å². The Kier molecular flexibility index (Phi) is 3.77. The number of rotatable bonds is 3. The van der Waals surface area contributed by atoms with Gasteiger partial charge in [0.2, 0.25) is 0 Å². The summed E-state index contributed by atoms with van der Waals surface area (Å²) in [5.41, 5.74) is 7.48. The Morgan fingerprint density at radius 1 is 1.41 bits per heavy atom. The van der Waals surface area contributed by atoms with Crippen LogP contribution in [0, 0.1) is 11.8 Å². The van der Waals surface area contributed by atoms with Crippen molar-refractivity contribution in [2.45, 2.75) is 51.5 Å². The van der Waals surface area contributed by atoms with E-state index >= 15 is 0 Å². The first kappa shape index (κ1) is 12.5. The number of hydrogen-bond donors (Lipinski definition) is 1. The first-order valence-electron chi connectivity index (χ1n) is 6.64. The highest BCUT2D eigenvalue weighted by Gasteiger charge is 2.34. The highest BCUT2D eigenvalue weighted by molar-refractivity contribution is 5.17. The number of aromatic nitrogens is 2. The molecule has 0 amide bonds. The van der Waals surface area contributed by atoms with E-state index in [0.29, 0.717) is 0 Å². The predicted molar refractivity (Wildman–Crippen MR) is 69.3 cm³/mol. The van der Waals surface area contributed by atoms with Gasteiger partial charge >= 0.3 is 0 Å². The van der Waals surface area contributed by atoms with E-state index in [2.05, 4.69) is 23.8 Å². The maximum absolute atomic E-state index is 6.57. The Morgan fingerprint density at radius 2 is 2.12 bits per heavy atom. The molecule has 2 atom stereocenters. The van der Waals surface area contributed by atoms with Crippen LogP contribution in [0.15, 0.2) is 18.7 Å². The van der Waals surface area contributed by atoms with Crippen molar-refractivity contribution in [3.63, 3.8) is 0 Å². The molecular formula is C14H23N3. The second-order valence-corrected chi connectivity index (χ2v) is 5.88. The third-order valence-electron chi connectivity index (χ3n) is 3.83. The molecule has 0 radical (unpaired) electrons. The van der Waals surface area contributed by atoms with Crippen LogP contribution in [0.1, 0.15) is 51.5 Å². The van der Waals surface area contributed by atoms with E-state index in [1.54, 1.807) is 6.33 Å². The molecule has 3 heteroatoms. The van der Waals surface area contributed by atoms with E-state index in [-0.39, 0.29) is 5.54 Å². The second-order valence-electron chi connectivity index (χ2n) is 5.88. The van der Waals surface area contributed by atoms with Gasteiger partial charge in [0.1, 0.15) is 6.33 Å². The van der Waals surface area contributed by atoms with Crippen molar-refractivity contribution < 1.29 is 0 Å². The van der Waals surface area contributed by atoms with Crippen molar-refractivity contribution in [3.05, 3.63) is 24.3 Å². The van der Waals surface area contributed by atoms with Crippen LogP contribution in [0.5, 0.6) is 0 Å². The van der Waals surface area contributed by atoms with Gasteiger partial charge in [0, 0.05) is 23.5 Å². The Bertz CT molecular complexity index is 350. The van der Waals surface area contributed by atoms with Crippen molar-refractivity contribution in [2.24, 2.45) is 17.6 Å². The predicted octanol–water partition coefficient (Wildman–Crippen LogP) is 2.87. The van der Waals surface area contributed by atoms with Crippen LogP contribution in [0.3, 0.4) is 0 Å². The van der Waals surface area contributed by atoms with Crippen molar-refractivity contribution in [3.8, 4) is 0 Å². The number of nitrogens with zero attached hydrogens (tertiary/aromatic N) is 2. The van der Waals surface area contributed by atoms with Crippen LogP contribution in [-0.2, 0) is 5.54 Å². The molecule has 0 saturated heterocycles. The summed E-state index contributed by atoms with van der Waals surface area (Å²) in [6, 6.07) is 0. The van der Waals surface area contributed by atoms with Gasteiger partial charge in [-0.3, -0.25) is 0 Å². The first-order chi connectivity index (χ1) is 8.10. The molecule has 1 aromatic rings. The molecule has 1 fully saturated rings. The standard InChI is InChI=1S/C14H23N3/c1-11(2)6-12-4-3-5-14(15,7-12)13-8-16-10-17-9-13/h8-12H,3-7,15H2,1-2H3. The lowest BCUT2D eigenvalue weighted by atomic mass is 9.71. The summed E-state index contributed by atoms with van der Waals surface area (Å²) in [7, 11) is 0. The van der Waals surface area contributed by atoms with Gasteiger partial charge in [-0.1, -0.05) is 26.7 Å². The zero-order chi connectivity index (χ0) is 12.3. The molecule has 0 aliphatic heterocycles. The molecule has 2 rings (SSSR count). The third-order valence-corrected chi connectivity index (χ3v) is 3.83. The van der Waals surface area contributed by atoms with Gasteiger partial charge in [0.15, 0.2) is 0 Å². The van der Waals surface area contributed by atoms with Gasteiger partial charge in [0.05, 0.1) is 0 Å². The van der Waals surface area contributed by atoms with Crippen molar-refractivity contribution in [1.29, 1.82) is 0 Å².